The summed E-state index contributed by atoms with van der Waals surface area (Å²) in [5.41, 5.74) is 3.64. The molecule has 3 aromatic rings. The predicted octanol–water partition coefficient (Wildman–Crippen LogP) is 4.73. The van der Waals surface area contributed by atoms with Gasteiger partial charge in [0.25, 0.3) is 0 Å². The van der Waals surface area contributed by atoms with Crippen LogP contribution in [0.15, 0.2) is 54.7 Å². The molecule has 1 N–H and O–H groups in total. The maximum atomic E-state index is 12.6. The number of halogens is 1. The third-order valence-corrected chi connectivity index (χ3v) is 7.00. The van der Waals surface area contributed by atoms with Gasteiger partial charge in [0.1, 0.15) is 17.4 Å². The van der Waals surface area contributed by atoms with Crippen LogP contribution in [0, 0.1) is 0 Å². The van der Waals surface area contributed by atoms with E-state index in [-0.39, 0.29) is 10.8 Å². The van der Waals surface area contributed by atoms with Crippen molar-refractivity contribution in [2.75, 3.05) is 6.61 Å². The summed E-state index contributed by atoms with van der Waals surface area (Å²) in [7, 11) is -1.22. The van der Waals surface area contributed by atoms with Crippen molar-refractivity contribution in [3.63, 3.8) is 0 Å². The minimum Gasteiger partial charge on any atom is -0.487 e. The molecule has 0 bridgehead atoms. The molecule has 164 valence electrons. The van der Waals surface area contributed by atoms with E-state index in [1.165, 1.54) is 0 Å². The van der Waals surface area contributed by atoms with Gasteiger partial charge >= 0.3 is 0 Å². The van der Waals surface area contributed by atoms with Crippen LogP contribution in [0.1, 0.15) is 43.6 Å². The zero-order valence-corrected chi connectivity index (χ0v) is 19.4. The minimum absolute atomic E-state index is 0.200. The van der Waals surface area contributed by atoms with Crippen molar-refractivity contribution in [3.8, 4) is 11.4 Å². The summed E-state index contributed by atoms with van der Waals surface area (Å²) in [6, 6.07) is 15.4. The molecule has 0 aliphatic carbocycles. The van der Waals surface area contributed by atoms with Gasteiger partial charge in [-0.15, -0.1) is 0 Å². The summed E-state index contributed by atoms with van der Waals surface area (Å²) < 4.78 is 28.9. The highest BCUT2D eigenvalue weighted by Crippen LogP contribution is 2.34. The monoisotopic (exact) mass is 459 g/mol. The van der Waals surface area contributed by atoms with Crippen LogP contribution in [-0.4, -0.2) is 25.3 Å². The summed E-state index contributed by atoms with van der Waals surface area (Å²) in [5, 5.41) is 5.05. The summed E-state index contributed by atoms with van der Waals surface area (Å²) in [6.07, 6.45) is 1.79. The second-order valence-electron chi connectivity index (χ2n) is 8.39. The van der Waals surface area contributed by atoms with Crippen molar-refractivity contribution in [2.45, 2.75) is 44.8 Å². The fourth-order valence-electron chi connectivity index (χ4n) is 3.31. The molecule has 2 heterocycles. The Balaban J connectivity index is 1.59. The molecule has 1 aromatic heterocycles. The molecule has 0 fully saturated rings. The van der Waals surface area contributed by atoms with Crippen LogP contribution in [0.2, 0.25) is 5.02 Å². The fraction of sp³-hybridized carbons (Fsp3) is 0.348. The highest BCUT2D eigenvalue weighted by atomic mass is 35.5. The number of ether oxygens (including phenoxy) is 2. The van der Waals surface area contributed by atoms with Crippen molar-refractivity contribution < 1.29 is 13.7 Å². The molecule has 4 rings (SSSR count). The second-order valence-corrected chi connectivity index (χ2v) is 10.8. The normalized spacial score (nSPS) is 17.2. The topological polar surface area (TPSA) is 65.4 Å². The van der Waals surface area contributed by atoms with Crippen LogP contribution in [0.5, 0.6) is 5.75 Å². The first-order chi connectivity index (χ1) is 14.8. The van der Waals surface area contributed by atoms with Gasteiger partial charge in [-0.1, -0.05) is 48.0 Å². The van der Waals surface area contributed by atoms with E-state index in [0.29, 0.717) is 30.6 Å². The molecule has 1 aliphatic heterocycles. The molecule has 0 radical (unpaired) electrons. The molecule has 2 aromatic carbocycles. The third-order valence-electron chi connectivity index (χ3n) is 5.01. The van der Waals surface area contributed by atoms with E-state index in [1.54, 1.807) is 10.9 Å². The lowest BCUT2D eigenvalue weighted by Gasteiger charge is -2.27. The number of hydrogen-bond acceptors (Lipinski definition) is 4. The molecule has 0 saturated carbocycles. The summed E-state index contributed by atoms with van der Waals surface area (Å²) in [4.78, 5) is 0. The van der Waals surface area contributed by atoms with Crippen molar-refractivity contribution in [1.29, 1.82) is 0 Å². The summed E-state index contributed by atoms with van der Waals surface area (Å²) in [5.74, 6) is 0.590. The van der Waals surface area contributed by atoms with Crippen LogP contribution in [0.4, 0.5) is 0 Å². The van der Waals surface area contributed by atoms with E-state index in [2.05, 4.69) is 9.82 Å². The Bertz CT molecular complexity index is 1080. The predicted molar refractivity (Wildman–Crippen MR) is 123 cm³/mol. The lowest BCUT2D eigenvalue weighted by atomic mass is 10.1. The van der Waals surface area contributed by atoms with Gasteiger partial charge < -0.3 is 9.47 Å². The number of fused-ring (bicyclic) bond motifs is 1. The first-order valence-corrected chi connectivity index (χ1v) is 11.7. The van der Waals surface area contributed by atoms with E-state index in [4.69, 9.17) is 21.1 Å². The third kappa shape index (κ3) is 4.85. The van der Waals surface area contributed by atoms with Gasteiger partial charge in [0.2, 0.25) is 0 Å². The zero-order chi connectivity index (χ0) is 22.0. The quantitative estimate of drug-likeness (QED) is 0.578. The zero-order valence-electron chi connectivity index (χ0n) is 17.8. The number of hydrogen-bond donors (Lipinski definition) is 1. The van der Waals surface area contributed by atoms with Crippen molar-refractivity contribution in [1.82, 2.24) is 14.5 Å². The molecule has 0 saturated heterocycles. The number of rotatable bonds is 6. The minimum atomic E-state index is -1.22. The SMILES string of the molecule is CC(C)(C)[S@](=O)N[C@@H]1COCc2c1cnn2-c1cccc(OCc2ccccc2)c1Cl. The smallest absolute Gasteiger partial charge is 0.140 e. The molecular weight excluding hydrogens is 434 g/mol. The average molecular weight is 460 g/mol. The molecule has 0 amide bonds. The molecule has 1 aliphatic rings. The van der Waals surface area contributed by atoms with Crippen LogP contribution in [0.25, 0.3) is 5.69 Å². The molecule has 8 heteroatoms. The van der Waals surface area contributed by atoms with E-state index >= 15 is 0 Å². The maximum Gasteiger partial charge on any atom is 0.140 e. The van der Waals surface area contributed by atoms with Crippen LogP contribution in [-0.2, 0) is 28.9 Å². The Hall–Kier alpha value is -2.19. The lowest BCUT2D eigenvalue weighted by molar-refractivity contribution is 0.0847. The van der Waals surface area contributed by atoms with Crippen molar-refractivity contribution >= 4 is 22.6 Å². The van der Waals surface area contributed by atoms with Gasteiger partial charge in [0, 0.05) is 5.56 Å². The number of nitrogens with zero attached hydrogens (tertiary/aromatic N) is 2. The van der Waals surface area contributed by atoms with E-state index in [1.807, 2.05) is 69.3 Å². The van der Waals surface area contributed by atoms with Gasteiger partial charge in [0.05, 0.1) is 52.6 Å². The Morgan fingerprint density at radius 1 is 1.23 bits per heavy atom. The first kappa shape index (κ1) is 22.0. The summed E-state index contributed by atoms with van der Waals surface area (Å²) in [6.45, 7) is 7.07. The van der Waals surface area contributed by atoms with Crippen molar-refractivity contribution in [3.05, 3.63) is 76.6 Å². The van der Waals surface area contributed by atoms with Crippen molar-refractivity contribution in [2.24, 2.45) is 0 Å². The Morgan fingerprint density at radius 3 is 2.74 bits per heavy atom. The highest BCUT2D eigenvalue weighted by molar-refractivity contribution is 7.84. The van der Waals surface area contributed by atoms with Gasteiger partial charge in [-0.3, -0.25) is 0 Å². The molecule has 6 nitrogen and oxygen atoms in total. The molecule has 2 atom stereocenters. The van der Waals surface area contributed by atoms with Crippen LogP contribution in [0.3, 0.4) is 0 Å². The number of benzene rings is 2. The highest BCUT2D eigenvalue weighted by Gasteiger charge is 2.30. The van der Waals surface area contributed by atoms with E-state index < -0.39 is 11.0 Å². The van der Waals surface area contributed by atoms with Gasteiger partial charge in [-0.05, 0) is 38.5 Å². The fourth-order valence-corrected chi connectivity index (χ4v) is 4.37. The van der Waals surface area contributed by atoms with E-state index in [9.17, 15) is 4.21 Å². The maximum absolute atomic E-state index is 12.6. The number of aromatic nitrogens is 2. The van der Waals surface area contributed by atoms with Gasteiger partial charge in [-0.25, -0.2) is 13.6 Å². The average Bonchev–Trinajstić information content (AvgIpc) is 3.18. The Labute approximate surface area is 190 Å². The Morgan fingerprint density at radius 2 is 2.00 bits per heavy atom. The molecule has 31 heavy (non-hydrogen) atoms. The Kier molecular flexibility index (Phi) is 6.48. The largest absolute Gasteiger partial charge is 0.487 e. The molecule has 0 spiro atoms. The van der Waals surface area contributed by atoms with Crippen LogP contribution < -0.4 is 9.46 Å². The van der Waals surface area contributed by atoms with Crippen LogP contribution >= 0.6 is 11.6 Å². The standard InChI is InChI=1S/C23H26ClN3O3S/c1-23(2,3)31(28)26-18-14-29-15-20-17(18)12-25-27(20)19-10-7-11-21(22(19)24)30-13-16-8-5-4-6-9-16/h4-12,18,26H,13-15H2,1-3H3/t18-,31+/m1/s1. The number of nitrogens with one attached hydrogen (secondary N) is 1. The molecular formula is C23H26ClN3O3S. The summed E-state index contributed by atoms with van der Waals surface area (Å²) >= 11 is 6.70. The molecule has 0 unspecified atom stereocenters. The van der Waals surface area contributed by atoms with E-state index in [0.717, 1.165) is 22.5 Å². The lowest BCUT2D eigenvalue weighted by Crippen LogP contribution is -2.38. The second kappa shape index (κ2) is 9.12. The van der Waals surface area contributed by atoms with Gasteiger partial charge in [-0.2, -0.15) is 5.10 Å². The van der Waals surface area contributed by atoms with Gasteiger partial charge in [0.15, 0.2) is 0 Å². The first-order valence-electron chi connectivity index (χ1n) is 10.1.